The highest BCUT2D eigenvalue weighted by Crippen LogP contribution is 2.64. The van der Waals surface area contributed by atoms with Gasteiger partial charge >= 0.3 is 0 Å². The van der Waals surface area contributed by atoms with Crippen molar-refractivity contribution in [3.8, 4) is 78.5 Å². The lowest BCUT2D eigenvalue weighted by Crippen LogP contribution is -2.25. The van der Waals surface area contributed by atoms with Crippen molar-refractivity contribution in [1.82, 2.24) is 15.0 Å². The lowest BCUT2D eigenvalue weighted by molar-refractivity contribution is 0.592. The van der Waals surface area contributed by atoms with Gasteiger partial charge in [0.05, 0.1) is 28.0 Å². The van der Waals surface area contributed by atoms with Gasteiger partial charge in [-0.3, -0.25) is 0 Å². The molecule has 2 heterocycles. The van der Waals surface area contributed by atoms with Crippen molar-refractivity contribution in [2.75, 3.05) is 0 Å². The maximum atomic E-state index is 16.8. The molecule has 0 bridgehead atoms. The minimum Gasteiger partial charge on any atom is -0.309 e. The fourth-order valence-electron chi connectivity index (χ4n) is 12.6. The molecule has 13 aromatic rings. The zero-order valence-corrected chi connectivity index (χ0v) is 42.6. The number of aromatic nitrogens is 3. The van der Waals surface area contributed by atoms with Crippen molar-refractivity contribution < 1.29 is 4.57 Å². The smallest absolute Gasteiger partial charge is 0.171 e. The van der Waals surface area contributed by atoms with Gasteiger partial charge in [0, 0.05) is 54.3 Å². The SMILES string of the molecule is O=P(c1ccccc1)(c1ccccc1)c1cc(-c2cc(-c3ccc(-c4ccccc4)cc3)nc(-c3ccccc3)n2)cc(-c2nc3ccccc3c3c4c(ccc23)C2(c3ccccc3-c3ccccc32)c2ccccc2-4)c1. The lowest BCUT2D eigenvalue weighted by Gasteiger charge is -2.30. The van der Waals surface area contributed by atoms with Crippen LogP contribution in [0.4, 0.5) is 0 Å². The maximum absolute atomic E-state index is 16.8. The first-order chi connectivity index (χ1) is 38.1. The van der Waals surface area contributed by atoms with Gasteiger partial charge in [-0.2, -0.15) is 0 Å². The molecule has 5 heteroatoms. The summed E-state index contributed by atoms with van der Waals surface area (Å²) in [5.74, 6) is 0.596. The van der Waals surface area contributed by atoms with Gasteiger partial charge in [-0.25, -0.2) is 15.0 Å². The highest BCUT2D eigenvalue weighted by Gasteiger charge is 2.52. The van der Waals surface area contributed by atoms with Crippen LogP contribution in [0.3, 0.4) is 0 Å². The molecule has 1 spiro atoms. The molecule has 4 nitrogen and oxygen atoms in total. The standard InChI is InChI=1S/C72H46N3OP/c76-77(53-25-9-3-10-26-53,54-27-11-4-12-28-54)55-44-51(67-46-66(74-71(75-67)50-23-7-2-8-24-50)49-39-37-48(38-40-49)47-21-5-1-6-22-47)43-52(45-55)70-60-41-42-64-69(68(60)59-32-16-20-36-65(59)73-70)58-31-15-19-35-63(58)72(64)61-33-17-13-29-56(61)57-30-14-18-34-62(57)72/h1-46H. The van der Waals surface area contributed by atoms with Gasteiger partial charge in [-0.15, -0.1) is 0 Å². The highest BCUT2D eigenvalue weighted by molar-refractivity contribution is 7.85. The van der Waals surface area contributed by atoms with Crippen LogP contribution in [-0.2, 0) is 9.98 Å². The van der Waals surface area contributed by atoms with Gasteiger partial charge in [-0.05, 0) is 86.0 Å². The van der Waals surface area contributed by atoms with Gasteiger partial charge in [0.1, 0.15) is 0 Å². The van der Waals surface area contributed by atoms with Gasteiger partial charge in [0.15, 0.2) is 13.0 Å². The maximum Gasteiger partial charge on any atom is 0.171 e. The summed E-state index contributed by atoms with van der Waals surface area (Å²) < 4.78 is 16.8. The Morgan fingerprint density at radius 2 is 0.792 bits per heavy atom. The molecule has 0 atom stereocenters. The number of pyridine rings is 1. The van der Waals surface area contributed by atoms with Crippen molar-refractivity contribution >= 4 is 44.7 Å². The predicted molar refractivity (Wildman–Crippen MR) is 318 cm³/mol. The Morgan fingerprint density at radius 3 is 1.43 bits per heavy atom. The van der Waals surface area contributed by atoms with Crippen LogP contribution in [0, 0.1) is 0 Å². The second kappa shape index (κ2) is 17.8. The topological polar surface area (TPSA) is 55.7 Å². The third kappa shape index (κ3) is 6.93. The summed E-state index contributed by atoms with van der Waals surface area (Å²) in [6, 6.07) is 97.7. The Bertz CT molecular complexity index is 4430. The molecule has 2 aliphatic rings. The van der Waals surface area contributed by atoms with E-state index in [4.69, 9.17) is 15.0 Å². The van der Waals surface area contributed by atoms with E-state index in [0.29, 0.717) is 16.8 Å². The number of benzene rings is 11. The minimum absolute atomic E-state index is 0.522. The molecule has 2 aliphatic carbocycles. The van der Waals surface area contributed by atoms with E-state index < -0.39 is 12.6 Å². The van der Waals surface area contributed by atoms with E-state index in [1.807, 2.05) is 84.9 Å². The minimum atomic E-state index is -3.56. The quantitative estimate of drug-likeness (QED) is 0.112. The summed E-state index contributed by atoms with van der Waals surface area (Å²) in [5, 5.41) is 5.41. The van der Waals surface area contributed by atoms with Crippen molar-refractivity contribution in [3.05, 3.63) is 301 Å². The monoisotopic (exact) mass is 999 g/mol. The summed E-state index contributed by atoms with van der Waals surface area (Å²) in [6.45, 7) is 0. The number of para-hydroxylation sites is 1. The van der Waals surface area contributed by atoms with Crippen LogP contribution in [0.5, 0.6) is 0 Å². The molecule has 0 saturated carbocycles. The summed E-state index contributed by atoms with van der Waals surface area (Å²) in [6.07, 6.45) is 0. The Hall–Kier alpha value is -9.60. The van der Waals surface area contributed by atoms with E-state index in [1.54, 1.807) is 0 Å². The molecular formula is C72H46N3OP. The lowest BCUT2D eigenvalue weighted by atomic mass is 9.70. The molecule has 0 saturated heterocycles. The Labute approximate surface area is 447 Å². The summed E-state index contributed by atoms with van der Waals surface area (Å²) >= 11 is 0. The van der Waals surface area contributed by atoms with E-state index >= 15 is 4.57 Å². The van der Waals surface area contributed by atoms with E-state index in [9.17, 15) is 0 Å². The average Bonchev–Trinajstić information content (AvgIpc) is 4.03. The fourth-order valence-corrected chi connectivity index (χ4v) is 15.3. The van der Waals surface area contributed by atoms with E-state index in [2.05, 4.69) is 194 Å². The number of fused-ring (bicyclic) bond motifs is 14. The first-order valence-electron chi connectivity index (χ1n) is 26.2. The van der Waals surface area contributed by atoms with Crippen LogP contribution in [-0.4, -0.2) is 15.0 Å². The zero-order chi connectivity index (χ0) is 51.1. The van der Waals surface area contributed by atoms with Crippen molar-refractivity contribution in [3.63, 3.8) is 0 Å². The number of rotatable bonds is 8. The second-order valence-electron chi connectivity index (χ2n) is 20.1. The van der Waals surface area contributed by atoms with Gasteiger partial charge < -0.3 is 4.57 Å². The Balaban J connectivity index is 1.02. The molecule has 0 amide bonds. The zero-order valence-electron chi connectivity index (χ0n) is 41.8. The molecule has 15 rings (SSSR count). The van der Waals surface area contributed by atoms with Crippen LogP contribution in [0.25, 0.3) is 100 Å². The molecular weight excluding hydrogens is 954 g/mol. The third-order valence-electron chi connectivity index (χ3n) is 16.0. The first-order valence-corrected chi connectivity index (χ1v) is 27.9. The molecule has 2 aromatic heterocycles. The highest BCUT2D eigenvalue weighted by atomic mass is 31.2. The summed E-state index contributed by atoms with van der Waals surface area (Å²) in [7, 11) is -3.56. The van der Waals surface area contributed by atoms with Crippen LogP contribution in [0.15, 0.2) is 279 Å². The number of nitrogens with zero attached hydrogens (tertiary/aromatic N) is 3. The molecule has 77 heavy (non-hydrogen) atoms. The van der Waals surface area contributed by atoms with Gasteiger partial charge in [-0.1, -0.05) is 249 Å². The average molecular weight is 1000 g/mol. The van der Waals surface area contributed by atoms with Crippen molar-refractivity contribution in [2.24, 2.45) is 0 Å². The second-order valence-corrected chi connectivity index (χ2v) is 22.9. The molecule has 0 aliphatic heterocycles. The fraction of sp³-hybridized carbons (Fsp3) is 0.0139. The van der Waals surface area contributed by atoms with E-state index in [-0.39, 0.29) is 0 Å². The Morgan fingerprint density at radius 1 is 0.312 bits per heavy atom. The van der Waals surface area contributed by atoms with Crippen molar-refractivity contribution in [2.45, 2.75) is 5.41 Å². The van der Waals surface area contributed by atoms with Crippen LogP contribution in [0.2, 0.25) is 0 Å². The molecule has 360 valence electrons. The first kappa shape index (κ1) is 44.8. The Kier molecular flexibility index (Phi) is 10.4. The van der Waals surface area contributed by atoms with Crippen LogP contribution in [0.1, 0.15) is 22.3 Å². The van der Waals surface area contributed by atoms with Crippen LogP contribution >= 0.6 is 7.14 Å². The van der Waals surface area contributed by atoms with Gasteiger partial charge in [0.25, 0.3) is 0 Å². The van der Waals surface area contributed by atoms with Crippen molar-refractivity contribution in [1.29, 1.82) is 0 Å². The molecule has 0 N–H and O–H groups in total. The van der Waals surface area contributed by atoms with Gasteiger partial charge in [0.2, 0.25) is 0 Å². The van der Waals surface area contributed by atoms with E-state index in [0.717, 1.165) is 77.1 Å². The number of hydrogen-bond acceptors (Lipinski definition) is 4. The number of hydrogen-bond donors (Lipinski definition) is 0. The molecule has 0 unspecified atom stereocenters. The predicted octanol–water partition coefficient (Wildman–Crippen LogP) is 16.5. The van der Waals surface area contributed by atoms with Crippen LogP contribution < -0.4 is 15.9 Å². The molecule has 0 radical (unpaired) electrons. The largest absolute Gasteiger partial charge is 0.309 e. The third-order valence-corrected chi connectivity index (χ3v) is 19.0. The summed E-state index contributed by atoms with van der Waals surface area (Å²) in [4.78, 5) is 16.3. The summed E-state index contributed by atoms with van der Waals surface area (Å²) in [5.41, 5.74) is 18.5. The molecule has 11 aromatic carbocycles. The molecule has 0 fully saturated rings. The normalized spacial score (nSPS) is 12.8. The van der Waals surface area contributed by atoms with E-state index in [1.165, 1.54) is 44.5 Å².